The summed E-state index contributed by atoms with van der Waals surface area (Å²) in [5.74, 6) is 0.984. The van der Waals surface area contributed by atoms with Gasteiger partial charge in [-0.15, -0.1) is 0 Å². The Kier molecular flexibility index (Phi) is 9.82. The molecule has 1 aliphatic heterocycles. The Morgan fingerprint density at radius 1 is 1.09 bits per heavy atom. The zero-order valence-corrected chi connectivity index (χ0v) is 21.2. The van der Waals surface area contributed by atoms with E-state index < -0.39 is 5.41 Å². The predicted octanol–water partition coefficient (Wildman–Crippen LogP) is 5.96. The fourth-order valence-corrected chi connectivity index (χ4v) is 4.71. The van der Waals surface area contributed by atoms with Crippen LogP contribution in [0.2, 0.25) is 5.02 Å². The molecular formula is C28H37ClN2O3. The minimum Gasteiger partial charge on any atom is -0.493 e. The van der Waals surface area contributed by atoms with E-state index in [0.29, 0.717) is 37.6 Å². The van der Waals surface area contributed by atoms with Crippen LogP contribution in [-0.4, -0.2) is 48.4 Å². The topological polar surface area (TPSA) is 49.9 Å². The molecule has 3 rings (SSSR count). The molecule has 0 unspecified atom stereocenters. The third-order valence-corrected chi connectivity index (χ3v) is 6.83. The number of hydrogen-bond acceptors (Lipinski definition) is 3. The Bertz CT molecular complexity index is 919. The summed E-state index contributed by atoms with van der Waals surface area (Å²) in [6.45, 7) is 4.39. The van der Waals surface area contributed by atoms with Crippen LogP contribution >= 0.6 is 11.6 Å². The highest BCUT2D eigenvalue weighted by molar-refractivity contribution is 6.30. The van der Waals surface area contributed by atoms with Gasteiger partial charge >= 0.3 is 0 Å². The van der Waals surface area contributed by atoms with Crippen molar-refractivity contribution in [2.75, 3.05) is 26.7 Å². The predicted molar refractivity (Wildman–Crippen MR) is 137 cm³/mol. The molecule has 34 heavy (non-hydrogen) atoms. The SMILES string of the molecule is CCCCCC(=O)N1CCC[C@](COc2ccc(Cl)cc2)(CC(=O)N(C)Cc2ccccc2)C1. The third-order valence-electron chi connectivity index (χ3n) is 6.58. The number of ether oxygens (including phenoxy) is 1. The number of carbonyl (C=O) groups is 2. The molecular weight excluding hydrogens is 448 g/mol. The number of unbranched alkanes of at least 4 members (excludes halogenated alkanes) is 2. The quantitative estimate of drug-likeness (QED) is 0.370. The fourth-order valence-electron chi connectivity index (χ4n) is 4.59. The zero-order valence-electron chi connectivity index (χ0n) is 20.5. The first-order valence-electron chi connectivity index (χ1n) is 12.3. The molecule has 0 aliphatic carbocycles. The highest BCUT2D eigenvalue weighted by Crippen LogP contribution is 2.36. The van der Waals surface area contributed by atoms with Crippen molar-refractivity contribution in [3.05, 3.63) is 65.2 Å². The van der Waals surface area contributed by atoms with Crippen molar-refractivity contribution in [3.63, 3.8) is 0 Å². The van der Waals surface area contributed by atoms with Crippen molar-refractivity contribution in [3.8, 4) is 5.75 Å². The van der Waals surface area contributed by atoms with Crippen molar-refractivity contribution in [2.45, 2.75) is 58.4 Å². The van der Waals surface area contributed by atoms with E-state index in [1.165, 1.54) is 0 Å². The van der Waals surface area contributed by atoms with E-state index in [9.17, 15) is 9.59 Å². The number of hydrogen-bond donors (Lipinski definition) is 0. The monoisotopic (exact) mass is 484 g/mol. The molecule has 5 nitrogen and oxygen atoms in total. The minimum absolute atomic E-state index is 0.0730. The number of amides is 2. The lowest BCUT2D eigenvalue weighted by Crippen LogP contribution is -2.50. The summed E-state index contributed by atoms with van der Waals surface area (Å²) in [4.78, 5) is 30.0. The van der Waals surface area contributed by atoms with Gasteiger partial charge in [-0.25, -0.2) is 0 Å². The van der Waals surface area contributed by atoms with Gasteiger partial charge in [-0.05, 0) is 49.1 Å². The van der Waals surface area contributed by atoms with Gasteiger partial charge < -0.3 is 14.5 Å². The molecule has 184 valence electrons. The van der Waals surface area contributed by atoms with Crippen LogP contribution in [0.3, 0.4) is 0 Å². The second kappa shape index (κ2) is 12.8. The maximum atomic E-state index is 13.3. The molecule has 0 N–H and O–H groups in total. The molecule has 1 atom stereocenters. The maximum absolute atomic E-state index is 13.3. The van der Waals surface area contributed by atoms with Crippen LogP contribution in [0.1, 0.15) is 57.4 Å². The van der Waals surface area contributed by atoms with Crippen LogP contribution in [0.4, 0.5) is 0 Å². The number of likely N-dealkylation sites (tertiary alicyclic amines) is 1. The Morgan fingerprint density at radius 3 is 2.53 bits per heavy atom. The van der Waals surface area contributed by atoms with Gasteiger partial charge in [0.05, 0.1) is 6.61 Å². The molecule has 2 amide bonds. The van der Waals surface area contributed by atoms with Crippen molar-refractivity contribution in [2.24, 2.45) is 5.41 Å². The summed E-state index contributed by atoms with van der Waals surface area (Å²) in [5.41, 5.74) is 0.682. The lowest BCUT2D eigenvalue weighted by Gasteiger charge is -2.43. The van der Waals surface area contributed by atoms with Crippen LogP contribution in [0, 0.1) is 5.41 Å². The van der Waals surface area contributed by atoms with E-state index in [4.69, 9.17) is 16.3 Å². The number of rotatable bonds is 11. The number of halogens is 1. The number of benzene rings is 2. The third kappa shape index (κ3) is 7.76. The van der Waals surface area contributed by atoms with Gasteiger partial charge in [-0.2, -0.15) is 0 Å². The Morgan fingerprint density at radius 2 is 1.82 bits per heavy atom. The molecule has 0 radical (unpaired) electrons. The number of piperidine rings is 1. The van der Waals surface area contributed by atoms with E-state index in [2.05, 4.69) is 6.92 Å². The molecule has 1 aliphatic rings. The van der Waals surface area contributed by atoms with Crippen molar-refractivity contribution >= 4 is 23.4 Å². The fraction of sp³-hybridized carbons (Fsp3) is 0.500. The molecule has 1 fully saturated rings. The van der Waals surface area contributed by atoms with Crippen molar-refractivity contribution in [1.82, 2.24) is 9.80 Å². The summed E-state index contributed by atoms with van der Waals surface area (Å²) < 4.78 is 6.16. The van der Waals surface area contributed by atoms with Gasteiger partial charge in [-0.1, -0.05) is 61.7 Å². The van der Waals surface area contributed by atoms with Crippen LogP contribution < -0.4 is 4.74 Å². The first kappa shape index (κ1) is 26.1. The van der Waals surface area contributed by atoms with E-state index in [1.807, 2.05) is 54.4 Å². The van der Waals surface area contributed by atoms with Gasteiger partial charge in [-0.3, -0.25) is 9.59 Å². The zero-order chi connectivity index (χ0) is 24.4. The standard InChI is InChI=1S/C28H37ClN2O3/c1-3-4-6-12-26(32)31-18-9-17-28(21-31,22-34-25-15-13-24(29)14-16-25)19-27(33)30(2)20-23-10-7-5-8-11-23/h5,7-8,10-11,13-16H,3-4,6,9,12,17-22H2,1-2H3/t28-/m0/s1. The lowest BCUT2D eigenvalue weighted by atomic mass is 9.77. The second-order valence-electron chi connectivity index (χ2n) is 9.53. The summed E-state index contributed by atoms with van der Waals surface area (Å²) in [6.07, 6.45) is 5.72. The largest absolute Gasteiger partial charge is 0.493 e. The van der Waals surface area contributed by atoms with Gasteiger partial charge in [0.1, 0.15) is 5.75 Å². The highest BCUT2D eigenvalue weighted by Gasteiger charge is 2.40. The maximum Gasteiger partial charge on any atom is 0.223 e. The Balaban J connectivity index is 1.71. The molecule has 0 saturated carbocycles. The van der Waals surface area contributed by atoms with Gasteiger partial charge in [0, 0.05) is 50.0 Å². The van der Waals surface area contributed by atoms with Crippen LogP contribution in [0.5, 0.6) is 5.75 Å². The normalized spacial score (nSPS) is 17.9. The van der Waals surface area contributed by atoms with Gasteiger partial charge in [0.15, 0.2) is 0 Å². The summed E-state index contributed by atoms with van der Waals surface area (Å²) in [7, 11) is 1.85. The molecule has 0 bridgehead atoms. The van der Waals surface area contributed by atoms with Crippen LogP contribution in [0.25, 0.3) is 0 Å². The van der Waals surface area contributed by atoms with E-state index in [-0.39, 0.29) is 11.8 Å². The summed E-state index contributed by atoms with van der Waals surface area (Å²) in [6, 6.07) is 17.3. The van der Waals surface area contributed by atoms with E-state index >= 15 is 0 Å². The van der Waals surface area contributed by atoms with Crippen LogP contribution in [-0.2, 0) is 16.1 Å². The Labute approximate surface area is 209 Å². The molecule has 2 aromatic carbocycles. The lowest BCUT2D eigenvalue weighted by molar-refractivity contribution is -0.141. The first-order valence-corrected chi connectivity index (χ1v) is 12.7. The van der Waals surface area contributed by atoms with Crippen LogP contribution in [0.15, 0.2) is 54.6 Å². The number of nitrogens with zero attached hydrogens (tertiary/aromatic N) is 2. The molecule has 6 heteroatoms. The molecule has 0 spiro atoms. The average molecular weight is 485 g/mol. The minimum atomic E-state index is -0.416. The smallest absolute Gasteiger partial charge is 0.223 e. The van der Waals surface area contributed by atoms with Gasteiger partial charge in [0.25, 0.3) is 0 Å². The van der Waals surface area contributed by atoms with E-state index in [0.717, 1.165) is 50.0 Å². The van der Waals surface area contributed by atoms with Gasteiger partial charge in [0.2, 0.25) is 11.8 Å². The first-order chi connectivity index (χ1) is 16.4. The average Bonchev–Trinajstić information content (AvgIpc) is 2.84. The molecule has 1 saturated heterocycles. The molecule has 0 aromatic heterocycles. The van der Waals surface area contributed by atoms with Crippen molar-refractivity contribution in [1.29, 1.82) is 0 Å². The molecule has 1 heterocycles. The highest BCUT2D eigenvalue weighted by atomic mass is 35.5. The summed E-state index contributed by atoms with van der Waals surface area (Å²) in [5, 5.41) is 0.654. The summed E-state index contributed by atoms with van der Waals surface area (Å²) >= 11 is 6.01. The molecule has 2 aromatic rings. The second-order valence-corrected chi connectivity index (χ2v) is 9.97. The van der Waals surface area contributed by atoms with Crippen molar-refractivity contribution < 1.29 is 14.3 Å². The van der Waals surface area contributed by atoms with E-state index in [1.54, 1.807) is 17.0 Å². The number of carbonyl (C=O) groups excluding carboxylic acids is 2. The Hall–Kier alpha value is -2.53.